The van der Waals surface area contributed by atoms with E-state index in [-0.39, 0.29) is 55.9 Å². The van der Waals surface area contributed by atoms with Gasteiger partial charge in [0.15, 0.2) is 6.10 Å². The Bertz CT molecular complexity index is 1110. The van der Waals surface area contributed by atoms with Gasteiger partial charge in [0.25, 0.3) is 0 Å². The van der Waals surface area contributed by atoms with Gasteiger partial charge in [0, 0.05) is 19.3 Å². The van der Waals surface area contributed by atoms with Crippen LogP contribution in [-0.2, 0) is 28.6 Å². The van der Waals surface area contributed by atoms with Crippen molar-refractivity contribution in [3.63, 3.8) is 0 Å². The molecule has 3 N–H and O–H groups in total. The van der Waals surface area contributed by atoms with Gasteiger partial charge in [-0.05, 0) is 135 Å². The average Bonchev–Trinajstić information content (AvgIpc) is 3.32. The molecule has 0 saturated heterocycles. The molecule has 0 heterocycles. The Hall–Kier alpha value is -2.49. The third kappa shape index (κ3) is 48.0. The van der Waals surface area contributed by atoms with Crippen LogP contribution >= 0.6 is 0 Å². The Kier molecular flexibility index (Phi) is 48.5. The predicted octanol–water partition coefficient (Wildman–Crippen LogP) is 15.0. The summed E-state index contributed by atoms with van der Waals surface area (Å²) in [6, 6.07) is 0. The number of carbonyl (C=O) groups is 3. The maximum Gasteiger partial charge on any atom is 0.306 e. The first-order valence-corrected chi connectivity index (χ1v) is 27.7. The minimum absolute atomic E-state index is 0.113. The number of aliphatic hydroxyl groups excluding tert-OH is 3. The lowest BCUT2D eigenvalue weighted by atomic mass is 10.1. The molecule has 9 nitrogen and oxygen atoms in total. The molecule has 66 heavy (non-hydrogen) atoms. The zero-order chi connectivity index (χ0) is 48.4. The van der Waals surface area contributed by atoms with Gasteiger partial charge in [-0.25, -0.2) is 0 Å². The molecule has 0 amide bonds. The molecule has 0 aromatic rings. The van der Waals surface area contributed by atoms with Gasteiger partial charge in [-0.2, -0.15) is 0 Å². The van der Waals surface area contributed by atoms with Gasteiger partial charge < -0.3 is 29.5 Å². The summed E-state index contributed by atoms with van der Waals surface area (Å²) in [6.07, 6.45) is 50.7. The summed E-state index contributed by atoms with van der Waals surface area (Å²) in [5.74, 6) is -0.986. The summed E-state index contributed by atoms with van der Waals surface area (Å²) in [7, 11) is 0. The third-order valence-electron chi connectivity index (χ3n) is 12.6. The van der Waals surface area contributed by atoms with E-state index in [1.165, 1.54) is 38.5 Å². The lowest BCUT2D eigenvalue weighted by Crippen LogP contribution is -2.30. The van der Waals surface area contributed by atoms with Crippen LogP contribution in [0, 0.1) is 0 Å². The van der Waals surface area contributed by atoms with Crippen LogP contribution < -0.4 is 0 Å². The molecule has 0 aromatic heterocycles. The minimum atomic E-state index is -0.816. The van der Waals surface area contributed by atoms with Crippen molar-refractivity contribution in [1.29, 1.82) is 0 Å². The molecular weight excluding hydrogens is 829 g/mol. The summed E-state index contributed by atoms with van der Waals surface area (Å²) in [4.78, 5) is 38.1. The van der Waals surface area contributed by atoms with Crippen molar-refractivity contribution >= 4 is 17.9 Å². The Labute approximate surface area is 405 Å². The molecule has 9 heteroatoms. The first-order valence-electron chi connectivity index (χ1n) is 27.7. The van der Waals surface area contributed by atoms with Crippen molar-refractivity contribution < 1.29 is 43.9 Å². The Morgan fingerprint density at radius 1 is 0.348 bits per heavy atom. The Morgan fingerprint density at radius 3 is 0.879 bits per heavy atom. The van der Waals surface area contributed by atoms with Crippen molar-refractivity contribution in [2.75, 3.05) is 13.2 Å². The van der Waals surface area contributed by atoms with E-state index in [1.54, 1.807) is 0 Å². The van der Waals surface area contributed by atoms with Crippen LogP contribution in [0.5, 0.6) is 0 Å². The smallest absolute Gasteiger partial charge is 0.306 e. The molecule has 0 aliphatic heterocycles. The summed E-state index contributed by atoms with van der Waals surface area (Å²) < 4.78 is 16.8. The van der Waals surface area contributed by atoms with Crippen LogP contribution in [0.3, 0.4) is 0 Å². The number of allylic oxidation sites excluding steroid dienone is 6. The molecule has 1 unspecified atom stereocenters. The first kappa shape index (κ1) is 63.5. The number of hydrogen-bond donors (Lipinski definition) is 3. The molecule has 0 aromatic carbocycles. The molecule has 0 radical (unpaired) electrons. The largest absolute Gasteiger partial charge is 0.462 e. The van der Waals surface area contributed by atoms with Crippen LogP contribution in [0.4, 0.5) is 0 Å². The van der Waals surface area contributed by atoms with E-state index in [1.807, 2.05) is 20.8 Å². The second-order valence-corrected chi connectivity index (χ2v) is 18.9. The van der Waals surface area contributed by atoms with E-state index in [9.17, 15) is 29.7 Å². The van der Waals surface area contributed by atoms with Crippen molar-refractivity contribution in [2.24, 2.45) is 0 Å². The predicted molar refractivity (Wildman–Crippen MR) is 274 cm³/mol. The molecule has 386 valence electrons. The van der Waals surface area contributed by atoms with E-state index < -0.39 is 6.10 Å². The van der Waals surface area contributed by atoms with Gasteiger partial charge in [0.05, 0.1) is 18.3 Å². The van der Waals surface area contributed by atoms with Gasteiger partial charge in [-0.15, -0.1) is 0 Å². The zero-order valence-corrected chi connectivity index (χ0v) is 43.1. The highest BCUT2D eigenvalue weighted by Crippen LogP contribution is 2.15. The van der Waals surface area contributed by atoms with E-state index in [4.69, 9.17) is 14.2 Å². The van der Waals surface area contributed by atoms with Gasteiger partial charge in [0.2, 0.25) is 0 Å². The van der Waals surface area contributed by atoms with E-state index >= 15 is 0 Å². The van der Waals surface area contributed by atoms with Gasteiger partial charge in [-0.1, -0.05) is 154 Å². The van der Waals surface area contributed by atoms with Crippen LogP contribution in [0.15, 0.2) is 36.5 Å². The molecule has 0 bridgehead atoms. The lowest BCUT2D eigenvalue weighted by Gasteiger charge is -2.18. The van der Waals surface area contributed by atoms with E-state index in [0.29, 0.717) is 12.8 Å². The number of carbonyl (C=O) groups excluding carboxylic acids is 3. The first-order chi connectivity index (χ1) is 32.2. The molecule has 0 rings (SSSR count). The standard InChI is InChI=1S/C57H104O9/c1-4-51(58)43-37-31-25-19-13-7-10-16-22-28-34-40-46-55(61)64-49-54(66-57(63)48-42-36-30-24-18-12-9-15-21-27-33-39-45-53(60)6-3)50-65-56(62)47-41-35-29-23-17-11-8-14-20-26-32-38-44-52(59)5-2/h7-9,13-15,51-54,58-60H,4-6,10-12,16-50H2,1-3H3/b13-7-,14-8-,15-9-/t51-,52+,53-,54?/m1/s1. The van der Waals surface area contributed by atoms with Crippen molar-refractivity contribution in [1.82, 2.24) is 0 Å². The van der Waals surface area contributed by atoms with Crippen LogP contribution in [0.25, 0.3) is 0 Å². The van der Waals surface area contributed by atoms with Crippen molar-refractivity contribution in [3.8, 4) is 0 Å². The highest BCUT2D eigenvalue weighted by Gasteiger charge is 2.19. The van der Waals surface area contributed by atoms with Crippen LogP contribution in [0.1, 0.15) is 271 Å². The zero-order valence-electron chi connectivity index (χ0n) is 43.1. The normalized spacial score (nSPS) is 13.7. The van der Waals surface area contributed by atoms with Crippen LogP contribution in [0.2, 0.25) is 0 Å². The molecule has 4 atom stereocenters. The fraction of sp³-hybridized carbons (Fsp3) is 0.842. The number of rotatable bonds is 50. The average molecular weight is 933 g/mol. The number of unbranched alkanes of at least 4 members (excludes halogenated alkanes) is 24. The number of aliphatic hydroxyl groups is 3. The molecule has 0 spiro atoms. The highest BCUT2D eigenvalue weighted by atomic mass is 16.6. The minimum Gasteiger partial charge on any atom is -0.462 e. The summed E-state index contributed by atoms with van der Waals surface area (Å²) in [5, 5.41) is 29.0. The third-order valence-corrected chi connectivity index (χ3v) is 12.6. The number of esters is 3. The highest BCUT2D eigenvalue weighted by molar-refractivity contribution is 5.71. The fourth-order valence-electron chi connectivity index (χ4n) is 7.84. The maximum atomic E-state index is 12.8. The molecule has 0 aliphatic carbocycles. The van der Waals surface area contributed by atoms with Gasteiger partial charge in [-0.3, -0.25) is 14.4 Å². The monoisotopic (exact) mass is 933 g/mol. The summed E-state index contributed by atoms with van der Waals surface area (Å²) >= 11 is 0. The van der Waals surface area contributed by atoms with Gasteiger partial charge in [0.1, 0.15) is 13.2 Å². The summed E-state index contributed by atoms with van der Waals surface area (Å²) in [5.41, 5.74) is 0. The van der Waals surface area contributed by atoms with Gasteiger partial charge >= 0.3 is 17.9 Å². The second-order valence-electron chi connectivity index (χ2n) is 18.9. The molecule has 0 saturated carbocycles. The molecular formula is C57H104O9. The van der Waals surface area contributed by atoms with Crippen LogP contribution in [-0.4, -0.2) is 70.9 Å². The SMILES string of the molecule is CC[C@@H](O)CCCCC/C=C\CCCCCCCC(=O)OCC(COC(=O)CCCCCCC/C=C\CCCCC[C@@H](O)CC)OC(=O)CCCCCCC/C=C\CCCCC[C@H](O)CC. The topological polar surface area (TPSA) is 140 Å². The lowest BCUT2D eigenvalue weighted by molar-refractivity contribution is -0.167. The molecule has 0 aliphatic rings. The maximum absolute atomic E-state index is 12.8. The van der Waals surface area contributed by atoms with E-state index in [0.717, 1.165) is 193 Å². The van der Waals surface area contributed by atoms with Crippen molar-refractivity contribution in [2.45, 2.75) is 296 Å². The number of hydrogen-bond acceptors (Lipinski definition) is 9. The van der Waals surface area contributed by atoms with Crippen molar-refractivity contribution in [3.05, 3.63) is 36.5 Å². The number of ether oxygens (including phenoxy) is 3. The van der Waals surface area contributed by atoms with E-state index in [2.05, 4.69) is 36.5 Å². The molecule has 0 fully saturated rings. The Balaban J connectivity index is 4.43. The Morgan fingerprint density at radius 2 is 0.591 bits per heavy atom. The second kappa shape index (κ2) is 50.4. The quantitative estimate of drug-likeness (QED) is 0.0235. The fourth-order valence-corrected chi connectivity index (χ4v) is 7.84. The summed E-state index contributed by atoms with van der Waals surface area (Å²) in [6.45, 7) is 5.85.